The van der Waals surface area contributed by atoms with Gasteiger partial charge in [-0.2, -0.15) is 0 Å². The molecule has 5 nitrogen and oxygen atoms in total. The summed E-state index contributed by atoms with van der Waals surface area (Å²) in [4.78, 5) is 1.97. The Morgan fingerprint density at radius 2 is 1.59 bits per heavy atom. The number of phenolic OH excluding ortho intramolecular Hbond substituents is 1. The van der Waals surface area contributed by atoms with Gasteiger partial charge < -0.3 is 25.4 Å². The van der Waals surface area contributed by atoms with Crippen LogP contribution in [0, 0.1) is 5.92 Å². The van der Waals surface area contributed by atoms with Gasteiger partial charge >= 0.3 is 0 Å². The Hall–Kier alpha value is -0.730. The van der Waals surface area contributed by atoms with Crippen LogP contribution in [0.15, 0.2) is 12.1 Å². The van der Waals surface area contributed by atoms with Gasteiger partial charge in [-0.25, -0.2) is 0 Å². The van der Waals surface area contributed by atoms with Gasteiger partial charge in [-0.1, -0.05) is 42.5 Å². The van der Waals surface area contributed by atoms with E-state index in [-0.39, 0.29) is 11.9 Å². The van der Waals surface area contributed by atoms with Crippen molar-refractivity contribution in [2.45, 2.75) is 83.3 Å². The van der Waals surface area contributed by atoms with Gasteiger partial charge in [-0.15, -0.1) is 0 Å². The number of halogens is 1. The highest BCUT2D eigenvalue weighted by molar-refractivity contribution is 14.1. The summed E-state index contributed by atoms with van der Waals surface area (Å²) in [7, 11) is 1.54. The van der Waals surface area contributed by atoms with Crippen molar-refractivity contribution in [1.82, 2.24) is 0 Å². The quantitative estimate of drug-likeness (QED) is 0.265. The van der Waals surface area contributed by atoms with Crippen LogP contribution < -0.4 is 10.5 Å². The largest absolute Gasteiger partial charge is 0.504 e. The number of nitrogens with two attached hydrogens (primary N) is 1. The number of hydrogen-bond acceptors (Lipinski definition) is 5. The molecule has 2 fully saturated rings. The molecule has 2 saturated carbocycles. The number of hydrogen-bond donors (Lipinski definition) is 3. The molecule has 6 heteroatoms. The first-order valence-electron chi connectivity index (χ1n) is 10.9. The van der Waals surface area contributed by atoms with E-state index in [1.54, 1.807) is 6.07 Å². The van der Waals surface area contributed by atoms with Gasteiger partial charge in [0.2, 0.25) is 0 Å². The molecule has 0 radical (unpaired) electrons. The Balaban J connectivity index is 0.000000989. The van der Waals surface area contributed by atoms with Crippen LogP contribution >= 0.6 is 22.6 Å². The van der Waals surface area contributed by atoms with E-state index < -0.39 is 0 Å². The molecular weight excluding hydrogens is 481 g/mol. The molecule has 0 atom stereocenters. The zero-order valence-corrected chi connectivity index (χ0v) is 20.7. The number of phenols is 1. The Bertz CT molecular complexity index is 568. The zero-order valence-electron chi connectivity index (χ0n) is 18.5. The smallest absolute Gasteiger partial charge is 0.183 e. The number of alkyl halides is 1. The number of methoxy groups -OCH3 is 1. The van der Waals surface area contributed by atoms with E-state index >= 15 is 0 Å². The van der Waals surface area contributed by atoms with Crippen LogP contribution in [0.4, 0.5) is 5.69 Å². The third kappa shape index (κ3) is 7.79. The lowest BCUT2D eigenvalue weighted by Crippen LogP contribution is -2.27. The molecular formula is C23H40INO4. The van der Waals surface area contributed by atoms with Crippen LogP contribution in [0.25, 0.3) is 0 Å². The van der Waals surface area contributed by atoms with Gasteiger partial charge in [0.15, 0.2) is 11.5 Å². The van der Waals surface area contributed by atoms with Gasteiger partial charge in [0, 0.05) is 6.61 Å². The van der Waals surface area contributed by atoms with Crippen molar-refractivity contribution in [1.29, 1.82) is 0 Å². The van der Waals surface area contributed by atoms with Crippen LogP contribution in [0.1, 0.15) is 76.7 Å². The first-order chi connectivity index (χ1) is 14.1. The summed E-state index contributed by atoms with van der Waals surface area (Å²) < 4.78 is 11.3. The van der Waals surface area contributed by atoms with Gasteiger partial charge in [-0.05, 0) is 79.8 Å². The molecule has 0 aliphatic heterocycles. The fourth-order valence-corrected chi connectivity index (χ4v) is 4.30. The number of aromatic hydroxyl groups is 1. The topological polar surface area (TPSA) is 84.9 Å². The summed E-state index contributed by atoms with van der Waals surface area (Å²) in [6.07, 6.45) is 8.40. The molecule has 2 aliphatic carbocycles. The summed E-state index contributed by atoms with van der Waals surface area (Å²) in [5, 5.41) is 19.4. The Morgan fingerprint density at radius 1 is 1.00 bits per heavy atom. The number of aliphatic hydroxyl groups excluding tert-OH is 1. The minimum atomic E-state index is -0.122. The monoisotopic (exact) mass is 521 g/mol. The second kappa shape index (κ2) is 14.3. The summed E-state index contributed by atoms with van der Waals surface area (Å²) >= 11 is 2.15. The number of nitrogen functional groups attached to an aromatic ring is 1. The fourth-order valence-electron chi connectivity index (χ4n) is 4.30. The summed E-state index contributed by atoms with van der Waals surface area (Å²) in [5.74, 6) is 1.53. The van der Waals surface area contributed by atoms with Crippen molar-refractivity contribution < 1.29 is 19.7 Å². The van der Waals surface area contributed by atoms with Crippen LogP contribution in [0.5, 0.6) is 11.5 Å². The van der Waals surface area contributed by atoms with Crippen molar-refractivity contribution in [3.63, 3.8) is 0 Å². The van der Waals surface area contributed by atoms with Gasteiger partial charge in [-0.3, -0.25) is 0 Å². The normalized spacial score (nSPS) is 26.4. The average molecular weight is 521 g/mol. The molecule has 168 valence electrons. The van der Waals surface area contributed by atoms with Gasteiger partial charge in [0.25, 0.3) is 0 Å². The molecule has 29 heavy (non-hydrogen) atoms. The molecule has 1 aromatic carbocycles. The highest BCUT2D eigenvalue weighted by atomic mass is 127. The van der Waals surface area contributed by atoms with Crippen molar-refractivity contribution >= 4 is 28.3 Å². The third-order valence-corrected chi connectivity index (χ3v) is 5.91. The second-order valence-electron chi connectivity index (χ2n) is 7.60. The molecule has 0 spiro atoms. The molecule has 0 bridgehead atoms. The number of rotatable bonds is 5. The van der Waals surface area contributed by atoms with E-state index in [0.29, 0.717) is 29.4 Å². The van der Waals surface area contributed by atoms with Gasteiger partial charge in [0.1, 0.15) is 0 Å². The highest BCUT2D eigenvalue weighted by Gasteiger charge is 2.27. The molecule has 0 saturated heterocycles. The second-order valence-corrected chi connectivity index (χ2v) is 7.60. The Kier molecular flexibility index (Phi) is 13.0. The average Bonchev–Trinajstić information content (AvgIpc) is 2.77. The van der Waals surface area contributed by atoms with Crippen molar-refractivity contribution in [2.24, 2.45) is 5.92 Å². The standard InChI is InChI=1S/C20H31NO4.C2H6.CH3I/c1-24-20-18(23)11-10-17(19(20)21)14-4-2-13(3-5-14)12-25-16-8-6-15(22)7-9-16;2*1-2/h10-11,13-16,22-23H,2-9,12,21H2,1H3;1-2H3;1H3. The predicted molar refractivity (Wildman–Crippen MR) is 129 cm³/mol. The lowest BCUT2D eigenvalue weighted by atomic mass is 9.78. The van der Waals surface area contributed by atoms with E-state index in [0.717, 1.165) is 63.5 Å². The maximum Gasteiger partial charge on any atom is 0.183 e. The van der Waals surface area contributed by atoms with Crippen LogP contribution in [-0.2, 0) is 4.74 Å². The van der Waals surface area contributed by atoms with Crippen molar-refractivity contribution in [3.8, 4) is 11.5 Å². The lowest BCUT2D eigenvalue weighted by Gasteiger charge is -2.32. The van der Waals surface area contributed by atoms with E-state index in [9.17, 15) is 10.2 Å². The van der Waals surface area contributed by atoms with E-state index in [4.69, 9.17) is 15.2 Å². The number of anilines is 1. The third-order valence-electron chi connectivity index (χ3n) is 5.91. The minimum absolute atomic E-state index is 0.100. The summed E-state index contributed by atoms with van der Waals surface area (Å²) in [6, 6.07) is 3.61. The lowest BCUT2D eigenvalue weighted by molar-refractivity contribution is -0.0226. The highest BCUT2D eigenvalue weighted by Crippen LogP contribution is 2.43. The summed E-state index contributed by atoms with van der Waals surface area (Å²) in [5.41, 5.74) is 7.86. The van der Waals surface area contributed by atoms with Crippen LogP contribution in [0.3, 0.4) is 0 Å². The number of benzene rings is 1. The van der Waals surface area contributed by atoms with Crippen LogP contribution in [-0.4, -0.2) is 41.1 Å². The van der Waals surface area contributed by atoms with Crippen LogP contribution in [0.2, 0.25) is 0 Å². The zero-order chi connectivity index (χ0) is 21.8. The fraction of sp³-hybridized carbons (Fsp3) is 0.739. The van der Waals surface area contributed by atoms with E-state index in [1.165, 1.54) is 7.11 Å². The molecule has 4 N–H and O–H groups in total. The molecule has 3 rings (SSSR count). The van der Waals surface area contributed by atoms with Gasteiger partial charge in [0.05, 0.1) is 25.0 Å². The number of aliphatic hydroxyl groups is 1. The molecule has 0 heterocycles. The molecule has 2 aliphatic rings. The van der Waals surface area contributed by atoms with E-state index in [1.807, 2.05) is 24.8 Å². The SMILES string of the molecule is CC.CI.COc1c(O)ccc(C2CCC(COC3CCC(O)CC3)CC2)c1N. The number of ether oxygens (including phenoxy) is 2. The first kappa shape index (κ1) is 26.3. The molecule has 0 amide bonds. The summed E-state index contributed by atoms with van der Waals surface area (Å²) in [6.45, 7) is 4.84. The molecule has 1 aromatic rings. The molecule has 0 aromatic heterocycles. The van der Waals surface area contributed by atoms with E-state index in [2.05, 4.69) is 22.6 Å². The first-order valence-corrected chi connectivity index (χ1v) is 13.1. The Labute approximate surface area is 190 Å². The maximum absolute atomic E-state index is 9.83. The Morgan fingerprint density at radius 3 is 2.14 bits per heavy atom. The molecule has 0 unspecified atom stereocenters. The predicted octanol–water partition coefficient (Wildman–Crippen LogP) is 5.65. The van der Waals surface area contributed by atoms with Crippen molar-refractivity contribution in [2.75, 3.05) is 24.4 Å². The minimum Gasteiger partial charge on any atom is -0.504 e. The maximum atomic E-state index is 9.83. The van der Waals surface area contributed by atoms with Crippen molar-refractivity contribution in [3.05, 3.63) is 17.7 Å².